The second-order valence-electron chi connectivity index (χ2n) is 12.3. The van der Waals surface area contributed by atoms with Crippen molar-refractivity contribution in [1.82, 2.24) is 20.0 Å². The third-order valence-electron chi connectivity index (χ3n) is 8.33. The molecule has 2 atom stereocenters. The highest BCUT2D eigenvalue weighted by Gasteiger charge is 2.33. The average molecular weight is 608 g/mol. The van der Waals surface area contributed by atoms with Crippen molar-refractivity contribution in [2.24, 2.45) is 11.8 Å². The second kappa shape index (κ2) is 18.1. The summed E-state index contributed by atoms with van der Waals surface area (Å²) < 4.78 is 0. The lowest BCUT2D eigenvalue weighted by Crippen LogP contribution is -2.51. The summed E-state index contributed by atoms with van der Waals surface area (Å²) in [6.07, 6.45) is 6.78. The van der Waals surface area contributed by atoms with Gasteiger partial charge in [-0.1, -0.05) is 68.5 Å². The van der Waals surface area contributed by atoms with Gasteiger partial charge in [-0.2, -0.15) is 0 Å². The lowest BCUT2D eigenvalue weighted by atomic mass is 10.0. The molecule has 44 heavy (non-hydrogen) atoms. The standard InChI is InChI=1S/C28H43N5O5.C6H6/c1-4-13-32(28(36)29-17-22-5-8-25(9-6-22)33(37)38)24-11-14-30(15-12-24)19-23-7-10-26(16-23)31(18-21(2)3)20-27(34)35;1-2-4-6-5-3-1/h4-6,8-9,21,23-24,26H,1,7,10-20H2,2-3H3,(H,29,36)(H,34,35);1-6H/t23-,26?;/m1./s1. The molecule has 2 aromatic rings. The average Bonchev–Trinajstić information content (AvgIpc) is 3.48. The molecule has 10 heteroatoms. The number of hydrogen-bond acceptors (Lipinski definition) is 6. The number of nitro benzene ring substituents is 1. The summed E-state index contributed by atoms with van der Waals surface area (Å²) in [6.45, 7) is 12.7. The largest absolute Gasteiger partial charge is 0.480 e. The molecule has 0 bridgehead atoms. The number of non-ortho nitro benzene ring substituents is 1. The molecule has 240 valence electrons. The number of urea groups is 1. The third-order valence-corrected chi connectivity index (χ3v) is 8.33. The number of carboxylic acid groups (broad SMARTS) is 1. The minimum Gasteiger partial charge on any atom is -0.480 e. The zero-order valence-corrected chi connectivity index (χ0v) is 26.2. The molecule has 4 rings (SSSR count). The molecule has 1 saturated heterocycles. The molecule has 0 aromatic heterocycles. The smallest absolute Gasteiger partial charge is 0.318 e. The monoisotopic (exact) mass is 607 g/mol. The molecule has 1 unspecified atom stereocenters. The van der Waals surface area contributed by atoms with Crippen molar-refractivity contribution >= 4 is 17.7 Å². The fourth-order valence-corrected chi connectivity index (χ4v) is 6.25. The maximum absolute atomic E-state index is 13.0. The van der Waals surface area contributed by atoms with Crippen LogP contribution in [0.3, 0.4) is 0 Å². The van der Waals surface area contributed by atoms with Gasteiger partial charge in [0, 0.05) is 63.5 Å². The molecule has 1 aliphatic carbocycles. The van der Waals surface area contributed by atoms with E-state index < -0.39 is 10.9 Å². The molecule has 10 nitrogen and oxygen atoms in total. The van der Waals surface area contributed by atoms with E-state index in [2.05, 4.69) is 35.5 Å². The van der Waals surface area contributed by atoms with Gasteiger partial charge in [0.2, 0.25) is 0 Å². The van der Waals surface area contributed by atoms with Crippen LogP contribution in [0.2, 0.25) is 0 Å². The number of benzene rings is 2. The Balaban J connectivity index is 0.000000785. The Morgan fingerprint density at radius 1 is 1.05 bits per heavy atom. The molecular formula is C34H49N5O5. The zero-order chi connectivity index (χ0) is 31.9. The fraction of sp³-hybridized carbons (Fsp3) is 0.529. The number of carbonyl (C=O) groups is 2. The van der Waals surface area contributed by atoms with Gasteiger partial charge in [-0.15, -0.1) is 6.58 Å². The number of rotatable bonds is 13. The van der Waals surface area contributed by atoms with Gasteiger partial charge < -0.3 is 20.2 Å². The predicted octanol–water partition coefficient (Wildman–Crippen LogP) is 5.65. The number of hydrogen-bond donors (Lipinski definition) is 2. The molecule has 1 aliphatic heterocycles. The van der Waals surface area contributed by atoms with Crippen molar-refractivity contribution in [3.05, 3.63) is 89.0 Å². The van der Waals surface area contributed by atoms with E-state index in [1.54, 1.807) is 18.2 Å². The molecule has 0 radical (unpaired) electrons. The van der Waals surface area contributed by atoms with Crippen LogP contribution in [0.1, 0.15) is 51.5 Å². The van der Waals surface area contributed by atoms with Crippen LogP contribution in [-0.4, -0.2) is 88.1 Å². The normalized spacial score (nSPS) is 18.8. The summed E-state index contributed by atoms with van der Waals surface area (Å²) in [5.41, 5.74) is 0.837. The number of nitrogens with one attached hydrogen (secondary N) is 1. The first kappa shape index (κ1) is 34.7. The van der Waals surface area contributed by atoms with Crippen molar-refractivity contribution in [1.29, 1.82) is 0 Å². The van der Waals surface area contributed by atoms with Gasteiger partial charge in [0.05, 0.1) is 11.5 Å². The maximum atomic E-state index is 13.0. The Morgan fingerprint density at radius 2 is 1.66 bits per heavy atom. The highest BCUT2D eigenvalue weighted by Crippen LogP contribution is 2.31. The van der Waals surface area contributed by atoms with Crippen LogP contribution in [0, 0.1) is 22.0 Å². The summed E-state index contributed by atoms with van der Waals surface area (Å²) in [5, 5.41) is 23.1. The van der Waals surface area contributed by atoms with Gasteiger partial charge in [-0.05, 0) is 49.5 Å². The molecule has 2 N–H and O–H groups in total. The van der Waals surface area contributed by atoms with Crippen LogP contribution in [0.5, 0.6) is 0 Å². The van der Waals surface area contributed by atoms with Gasteiger partial charge in [0.15, 0.2) is 0 Å². The third kappa shape index (κ3) is 11.7. The number of carbonyl (C=O) groups excluding carboxylic acids is 1. The van der Waals surface area contributed by atoms with Crippen molar-refractivity contribution in [3.63, 3.8) is 0 Å². The number of nitro groups is 1. The predicted molar refractivity (Wildman–Crippen MR) is 173 cm³/mol. The molecule has 2 amide bonds. The molecule has 2 fully saturated rings. The van der Waals surface area contributed by atoms with E-state index in [0.29, 0.717) is 31.0 Å². The lowest BCUT2D eigenvalue weighted by Gasteiger charge is -2.39. The first-order valence-corrected chi connectivity index (χ1v) is 15.7. The molecular weight excluding hydrogens is 558 g/mol. The molecule has 2 aromatic carbocycles. The van der Waals surface area contributed by atoms with Gasteiger partial charge in [-0.25, -0.2) is 4.79 Å². The molecule has 0 spiro atoms. The first-order valence-electron chi connectivity index (χ1n) is 15.7. The van der Waals surface area contributed by atoms with E-state index in [0.717, 1.165) is 63.8 Å². The van der Waals surface area contributed by atoms with Crippen LogP contribution >= 0.6 is 0 Å². The maximum Gasteiger partial charge on any atom is 0.318 e. The summed E-state index contributed by atoms with van der Waals surface area (Å²) in [4.78, 5) is 41.3. The number of piperidine rings is 1. The summed E-state index contributed by atoms with van der Waals surface area (Å²) in [5.74, 6) is 0.267. The van der Waals surface area contributed by atoms with E-state index in [9.17, 15) is 24.8 Å². The number of aliphatic carboxylic acids is 1. The highest BCUT2D eigenvalue weighted by atomic mass is 16.6. The van der Waals surface area contributed by atoms with Crippen molar-refractivity contribution in [2.45, 2.75) is 64.6 Å². The van der Waals surface area contributed by atoms with Gasteiger partial charge >= 0.3 is 12.0 Å². The van der Waals surface area contributed by atoms with E-state index in [-0.39, 0.29) is 24.3 Å². The number of nitrogens with zero attached hydrogens (tertiary/aromatic N) is 4. The minimum absolute atomic E-state index is 0.0291. The van der Waals surface area contributed by atoms with Crippen molar-refractivity contribution in [3.8, 4) is 0 Å². The summed E-state index contributed by atoms with van der Waals surface area (Å²) >= 11 is 0. The van der Waals surface area contributed by atoms with E-state index in [1.165, 1.54) is 12.1 Å². The van der Waals surface area contributed by atoms with Gasteiger partial charge in [0.1, 0.15) is 0 Å². The zero-order valence-electron chi connectivity index (χ0n) is 26.2. The van der Waals surface area contributed by atoms with Crippen molar-refractivity contribution < 1.29 is 19.6 Å². The van der Waals surface area contributed by atoms with Gasteiger partial charge in [-0.3, -0.25) is 19.8 Å². The molecule has 1 saturated carbocycles. The van der Waals surface area contributed by atoms with Gasteiger partial charge in [0.25, 0.3) is 5.69 Å². The van der Waals surface area contributed by atoms with Crippen LogP contribution < -0.4 is 5.32 Å². The summed E-state index contributed by atoms with van der Waals surface area (Å²) in [7, 11) is 0. The van der Waals surface area contributed by atoms with Crippen LogP contribution in [0.15, 0.2) is 73.3 Å². The number of carboxylic acids is 1. The van der Waals surface area contributed by atoms with E-state index in [1.807, 2.05) is 41.3 Å². The first-order chi connectivity index (χ1) is 21.2. The Kier molecular flexibility index (Phi) is 14.3. The Labute approximate surface area is 261 Å². The Morgan fingerprint density at radius 3 is 2.18 bits per heavy atom. The Bertz CT molecular complexity index is 1140. The second-order valence-corrected chi connectivity index (χ2v) is 12.3. The molecule has 1 heterocycles. The number of amides is 2. The number of likely N-dealkylation sites (tertiary alicyclic amines) is 1. The van der Waals surface area contributed by atoms with Crippen LogP contribution in [0.4, 0.5) is 10.5 Å². The van der Waals surface area contributed by atoms with E-state index >= 15 is 0 Å². The quantitative estimate of drug-likeness (QED) is 0.171. The summed E-state index contributed by atoms with van der Waals surface area (Å²) in [6, 6.07) is 18.5. The van der Waals surface area contributed by atoms with Crippen LogP contribution in [0.25, 0.3) is 0 Å². The van der Waals surface area contributed by atoms with Crippen molar-refractivity contribution in [2.75, 3.05) is 39.3 Å². The lowest BCUT2D eigenvalue weighted by molar-refractivity contribution is -0.384. The fourth-order valence-electron chi connectivity index (χ4n) is 6.25. The topological polar surface area (TPSA) is 119 Å². The van der Waals surface area contributed by atoms with Crippen LogP contribution in [-0.2, 0) is 11.3 Å². The Hall–Kier alpha value is -3.76. The highest BCUT2D eigenvalue weighted by molar-refractivity contribution is 5.74. The SMILES string of the molecule is C=CCN(C(=O)NCc1ccc([N+](=O)[O-])cc1)C1CCN(C[C@@H]2CCC(N(CC(=O)O)CC(C)C)C2)CC1.c1ccccc1. The molecule has 2 aliphatic rings. The minimum atomic E-state index is -0.753. The van der Waals surface area contributed by atoms with E-state index in [4.69, 9.17) is 0 Å².